The summed E-state index contributed by atoms with van der Waals surface area (Å²) in [6.07, 6.45) is 6.67. The molecule has 0 radical (unpaired) electrons. The predicted octanol–water partition coefficient (Wildman–Crippen LogP) is 3.52. The van der Waals surface area contributed by atoms with Gasteiger partial charge in [0, 0.05) is 11.9 Å². The minimum Gasteiger partial charge on any atom is -0.300 e. The molecule has 1 rings (SSSR count). The quantitative estimate of drug-likeness (QED) is 0.637. The highest BCUT2D eigenvalue weighted by Gasteiger charge is 2.21. The van der Waals surface area contributed by atoms with Crippen LogP contribution in [-0.2, 0) is 0 Å². The van der Waals surface area contributed by atoms with E-state index in [1.165, 1.54) is 45.2 Å². The van der Waals surface area contributed by atoms with E-state index in [2.05, 4.69) is 18.7 Å². The van der Waals surface area contributed by atoms with Crippen LogP contribution in [0.25, 0.3) is 0 Å². The van der Waals surface area contributed by atoms with E-state index >= 15 is 0 Å². The second-order valence-corrected chi connectivity index (χ2v) is 5.22. The predicted molar refractivity (Wildman–Crippen MR) is 64.0 cm³/mol. The smallest absolute Gasteiger partial charge is 0.0238 e. The number of alkyl halides is 1. The first-order valence-corrected chi connectivity index (χ1v) is 6.57. The van der Waals surface area contributed by atoms with Gasteiger partial charge in [-0.3, -0.25) is 0 Å². The van der Waals surface area contributed by atoms with E-state index in [9.17, 15) is 0 Å². The molecule has 0 aromatic heterocycles. The van der Waals surface area contributed by atoms with E-state index in [-0.39, 0.29) is 0 Å². The van der Waals surface area contributed by atoms with Gasteiger partial charge in [-0.25, -0.2) is 0 Å². The van der Waals surface area contributed by atoms with E-state index in [1.54, 1.807) is 0 Å². The van der Waals surface area contributed by atoms with E-state index < -0.39 is 0 Å². The van der Waals surface area contributed by atoms with Gasteiger partial charge in [0.05, 0.1) is 0 Å². The van der Waals surface area contributed by atoms with Crippen molar-refractivity contribution in [1.82, 2.24) is 4.90 Å². The fraction of sp³-hybridized carbons (Fsp3) is 1.00. The van der Waals surface area contributed by atoms with Crippen molar-refractivity contribution in [2.24, 2.45) is 5.92 Å². The van der Waals surface area contributed by atoms with Crippen molar-refractivity contribution in [3.05, 3.63) is 0 Å². The lowest BCUT2D eigenvalue weighted by atomic mass is 9.99. The summed E-state index contributed by atoms with van der Waals surface area (Å²) >= 11 is 5.84. The number of rotatable bonds is 5. The Hall–Kier alpha value is 0.250. The van der Waals surface area contributed by atoms with Crippen LogP contribution in [-0.4, -0.2) is 29.9 Å². The van der Waals surface area contributed by atoms with Crippen LogP contribution in [0.2, 0.25) is 0 Å². The molecule has 0 bridgehead atoms. The molecule has 1 heterocycles. The van der Waals surface area contributed by atoms with Crippen molar-refractivity contribution < 1.29 is 0 Å². The molecule has 0 aromatic carbocycles. The third-order valence-corrected chi connectivity index (χ3v) is 3.40. The number of hydrogen-bond donors (Lipinski definition) is 0. The van der Waals surface area contributed by atoms with Crippen LogP contribution in [0.1, 0.15) is 46.0 Å². The Bertz CT molecular complexity index is 145. The zero-order chi connectivity index (χ0) is 10.4. The van der Waals surface area contributed by atoms with Crippen LogP contribution in [0, 0.1) is 5.92 Å². The molecular formula is C12H24ClN. The van der Waals surface area contributed by atoms with Gasteiger partial charge in [0.15, 0.2) is 0 Å². The maximum Gasteiger partial charge on any atom is 0.0238 e. The Kier molecular flexibility index (Phi) is 5.88. The molecule has 1 aliphatic rings. The normalized spacial score (nSPS) is 24.4. The second kappa shape index (κ2) is 6.68. The summed E-state index contributed by atoms with van der Waals surface area (Å²) in [5.74, 6) is 1.65. The maximum atomic E-state index is 5.84. The molecule has 0 amide bonds. The Morgan fingerprint density at radius 1 is 1.36 bits per heavy atom. The van der Waals surface area contributed by atoms with Crippen LogP contribution >= 0.6 is 11.6 Å². The minimum absolute atomic E-state index is 0.778. The van der Waals surface area contributed by atoms with E-state index in [1.807, 2.05) is 0 Å². The van der Waals surface area contributed by atoms with Crippen molar-refractivity contribution in [3.63, 3.8) is 0 Å². The van der Waals surface area contributed by atoms with Crippen molar-refractivity contribution in [2.45, 2.75) is 52.0 Å². The van der Waals surface area contributed by atoms with Gasteiger partial charge in [-0.1, -0.05) is 20.3 Å². The van der Waals surface area contributed by atoms with Gasteiger partial charge in [-0.05, 0) is 44.7 Å². The molecule has 1 saturated heterocycles. The molecule has 1 fully saturated rings. The molecule has 0 saturated carbocycles. The standard InChI is InChI=1S/C12H24ClN/c1-11(2)7-10-14-9-4-3-5-12(14)6-8-13/h11-12H,3-10H2,1-2H3. The van der Waals surface area contributed by atoms with Gasteiger partial charge in [-0.15, -0.1) is 11.6 Å². The minimum atomic E-state index is 0.778. The Morgan fingerprint density at radius 3 is 2.79 bits per heavy atom. The summed E-state index contributed by atoms with van der Waals surface area (Å²) in [5, 5.41) is 0. The molecule has 2 heteroatoms. The Balaban J connectivity index is 2.30. The van der Waals surface area contributed by atoms with Gasteiger partial charge in [0.25, 0.3) is 0 Å². The third-order valence-electron chi connectivity index (χ3n) is 3.19. The van der Waals surface area contributed by atoms with Crippen LogP contribution in [0.5, 0.6) is 0 Å². The van der Waals surface area contributed by atoms with Gasteiger partial charge < -0.3 is 4.90 Å². The lowest BCUT2D eigenvalue weighted by Gasteiger charge is -2.35. The second-order valence-electron chi connectivity index (χ2n) is 4.85. The fourth-order valence-electron chi connectivity index (χ4n) is 2.23. The summed E-state index contributed by atoms with van der Waals surface area (Å²) in [7, 11) is 0. The molecule has 1 aliphatic heterocycles. The molecule has 14 heavy (non-hydrogen) atoms. The molecular weight excluding hydrogens is 194 g/mol. The summed E-state index contributed by atoms with van der Waals surface area (Å²) in [6.45, 7) is 7.19. The number of likely N-dealkylation sites (tertiary alicyclic amines) is 1. The largest absolute Gasteiger partial charge is 0.300 e. The highest BCUT2D eigenvalue weighted by atomic mass is 35.5. The van der Waals surface area contributed by atoms with E-state index in [0.717, 1.165) is 17.8 Å². The Morgan fingerprint density at radius 2 is 2.14 bits per heavy atom. The summed E-state index contributed by atoms with van der Waals surface area (Å²) < 4.78 is 0. The van der Waals surface area contributed by atoms with Gasteiger partial charge >= 0.3 is 0 Å². The zero-order valence-corrected chi connectivity index (χ0v) is 10.4. The molecule has 0 N–H and O–H groups in total. The molecule has 0 spiro atoms. The average molecular weight is 218 g/mol. The van der Waals surface area contributed by atoms with E-state index in [0.29, 0.717) is 0 Å². The monoisotopic (exact) mass is 217 g/mol. The third kappa shape index (κ3) is 4.18. The first-order valence-electron chi connectivity index (χ1n) is 6.04. The summed E-state index contributed by atoms with van der Waals surface area (Å²) in [4.78, 5) is 2.66. The lowest BCUT2D eigenvalue weighted by molar-refractivity contribution is 0.138. The highest BCUT2D eigenvalue weighted by Crippen LogP contribution is 2.20. The van der Waals surface area contributed by atoms with Crippen LogP contribution in [0.15, 0.2) is 0 Å². The van der Waals surface area contributed by atoms with Gasteiger partial charge in [-0.2, -0.15) is 0 Å². The van der Waals surface area contributed by atoms with Crippen molar-refractivity contribution in [1.29, 1.82) is 0 Å². The number of halogens is 1. The zero-order valence-electron chi connectivity index (χ0n) is 9.64. The Labute approximate surface area is 93.8 Å². The first kappa shape index (κ1) is 12.3. The van der Waals surface area contributed by atoms with Gasteiger partial charge in [0.1, 0.15) is 0 Å². The molecule has 1 nitrogen and oxygen atoms in total. The molecule has 0 aromatic rings. The first-order chi connectivity index (χ1) is 6.74. The lowest BCUT2D eigenvalue weighted by Crippen LogP contribution is -2.40. The maximum absolute atomic E-state index is 5.84. The molecule has 0 aliphatic carbocycles. The van der Waals surface area contributed by atoms with E-state index in [4.69, 9.17) is 11.6 Å². The number of nitrogens with zero attached hydrogens (tertiary/aromatic N) is 1. The SMILES string of the molecule is CC(C)CCN1CCCCC1CCCl. The van der Waals surface area contributed by atoms with Crippen LogP contribution in [0.4, 0.5) is 0 Å². The van der Waals surface area contributed by atoms with Crippen molar-refractivity contribution in [3.8, 4) is 0 Å². The molecule has 84 valence electrons. The topological polar surface area (TPSA) is 3.24 Å². The number of hydrogen-bond acceptors (Lipinski definition) is 1. The van der Waals surface area contributed by atoms with Crippen LogP contribution in [0.3, 0.4) is 0 Å². The average Bonchev–Trinajstić information content (AvgIpc) is 2.17. The molecule has 1 atom stereocenters. The highest BCUT2D eigenvalue weighted by molar-refractivity contribution is 6.17. The molecule has 1 unspecified atom stereocenters. The van der Waals surface area contributed by atoms with Crippen molar-refractivity contribution >= 4 is 11.6 Å². The van der Waals surface area contributed by atoms with Gasteiger partial charge in [0.2, 0.25) is 0 Å². The van der Waals surface area contributed by atoms with Crippen molar-refractivity contribution in [2.75, 3.05) is 19.0 Å². The summed E-state index contributed by atoms with van der Waals surface area (Å²) in [5.41, 5.74) is 0. The van der Waals surface area contributed by atoms with Crippen LogP contribution < -0.4 is 0 Å². The number of piperidine rings is 1. The fourth-order valence-corrected chi connectivity index (χ4v) is 2.48. The summed E-state index contributed by atoms with van der Waals surface area (Å²) in [6, 6.07) is 0.778.